The Balaban J connectivity index is 1.73. The normalized spacial score (nSPS) is 24.7. The minimum absolute atomic E-state index is 0.297. The second-order valence-corrected chi connectivity index (χ2v) is 4.71. The number of carbonyl (C=O) groups excluding carboxylic acids is 1. The van der Waals surface area contributed by atoms with E-state index in [1.807, 2.05) is 4.90 Å². The summed E-state index contributed by atoms with van der Waals surface area (Å²) >= 11 is 0. The van der Waals surface area contributed by atoms with E-state index in [-0.39, 0.29) is 0 Å². The Kier molecular flexibility index (Phi) is 4.15. The van der Waals surface area contributed by atoms with Gasteiger partial charge in [-0.3, -0.25) is 9.69 Å². The molecule has 1 N–H and O–H groups in total. The lowest BCUT2D eigenvalue weighted by Gasteiger charge is -2.34. The smallest absolute Gasteiger partial charge is 0.236 e. The number of amides is 1. The Labute approximate surface area is 97.4 Å². The summed E-state index contributed by atoms with van der Waals surface area (Å²) in [5, 5.41) is 3.26. The third-order valence-corrected chi connectivity index (χ3v) is 3.42. The van der Waals surface area contributed by atoms with Gasteiger partial charge in [-0.15, -0.1) is 0 Å². The standard InChI is InChI=1S/C11H22N4O/c1-13-6-8-14(9-7-13)10-11(16)15-4-2-12-3-5-15/h12H,2-10H2,1H3/i2+1,3+1,4+1,5+1,6+1,8+1,12+1,15+1. The fourth-order valence-corrected chi connectivity index (χ4v) is 2.21. The number of hydrogen-bond acceptors (Lipinski definition) is 4. The SMILES string of the molecule is CN1CCN(CC(=O)[15N]2[13CH2][13CH2][15NH][13CH2][13CH2]2)[13CH2][13CH2]1. The second kappa shape index (κ2) is 5.61. The van der Waals surface area contributed by atoms with Crippen molar-refractivity contribution in [2.75, 3.05) is 66.0 Å². The van der Waals surface area contributed by atoms with Crippen molar-refractivity contribution in [1.29, 1.82) is 0 Å². The highest BCUT2D eigenvalue weighted by Gasteiger charge is 2.21. The molecule has 0 saturated carbocycles. The number of nitrogens with one attached hydrogen (secondary N) is 1. The van der Waals surface area contributed by atoms with Crippen LogP contribution in [-0.2, 0) is 4.79 Å². The van der Waals surface area contributed by atoms with Crippen LogP contribution in [0.3, 0.4) is 0 Å². The van der Waals surface area contributed by atoms with Gasteiger partial charge in [0.2, 0.25) is 5.91 Å². The van der Waals surface area contributed by atoms with Gasteiger partial charge in [0.15, 0.2) is 0 Å². The van der Waals surface area contributed by atoms with Crippen molar-refractivity contribution in [1.82, 2.24) is 20.0 Å². The average Bonchev–Trinajstić information content (AvgIpc) is 2.33. The number of piperazine rings is 2. The van der Waals surface area contributed by atoms with Gasteiger partial charge >= 0.3 is 0 Å². The molecule has 2 fully saturated rings. The highest BCUT2D eigenvalue weighted by molar-refractivity contribution is 5.78. The largest absolute Gasteiger partial charge is 0.339 e. The Bertz CT molecular complexity index is 232. The first-order chi connectivity index (χ1) is 7.75. The quantitative estimate of drug-likeness (QED) is 0.474. The molecule has 0 aliphatic carbocycles. The fraction of sp³-hybridized carbons (Fsp3) is 0.909. The van der Waals surface area contributed by atoms with Crippen molar-refractivity contribution in [3.8, 4) is 0 Å². The molecule has 0 aromatic heterocycles. The predicted molar refractivity (Wildman–Crippen MR) is 63.4 cm³/mol. The zero-order valence-corrected chi connectivity index (χ0v) is 10.1. The maximum Gasteiger partial charge on any atom is 0.236 e. The highest BCUT2D eigenvalue weighted by atomic mass is 16.3. The van der Waals surface area contributed by atoms with Gasteiger partial charge < -0.3 is 15.1 Å². The number of rotatable bonds is 2. The summed E-state index contributed by atoms with van der Waals surface area (Å²) < 4.78 is 0. The van der Waals surface area contributed by atoms with Gasteiger partial charge in [-0.2, -0.15) is 0 Å². The van der Waals surface area contributed by atoms with Crippen molar-refractivity contribution in [3.05, 3.63) is 0 Å². The second-order valence-electron chi connectivity index (χ2n) is 4.71. The van der Waals surface area contributed by atoms with Crippen molar-refractivity contribution >= 4 is 5.91 Å². The molecule has 0 unspecified atom stereocenters. The monoisotopic (exact) mass is 234 g/mol. The molecular weight excluding hydrogens is 212 g/mol. The van der Waals surface area contributed by atoms with Gasteiger partial charge in [0.1, 0.15) is 0 Å². The summed E-state index contributed by atoms with van der Waals surface area (Å²) in [5.74, 6) is 0.297. The van der Waals surface area contributed by atoms with Gasteiger partial charge in [-0.25, -0.2) is 0 Å². The first-order valence-electron chi connectivity index (χ1n) is 6.15. The van der Waals surface area contributed by atoms with Gasteiger partial charge in [-0.1, -0.05) is 0 Å². The third-order valence-electron chi connectivity index (χ3n) is 3.42. The summed E-state index contributed by atoms with van der Waals surface area (Å²) in [7, 11) is 2.13. The van der Waals surface area contributed by atoms with Crippen molar-refractivity contribution in [2.45, 2.75) is 0 Å². The van der Waals surface area contributed by atoms with E-state index in [0.717, 1.165) is 52.4 Å². The van der Waals surface area contributed by atoms with Gasteiger partial charge in [-0.05, 0) is 7.05 Å². The topological polar surface area (TPSA) is 38.8 Å². The molecule has 2 heterocycles. The van der Waals surface area contributed by atoms with Gasteiger partial charge in [0.05, 0.1) is 6.54 Å². The van der Waals surface area contributed by atoms with E-state index >= 15 is 0 Å². The van der Waals surface area contributed by atoms with Crippen molar-refractivity contribution in [2.24, 2.45) is 0 Å². The minimum atomic E-state index is 0.297. The van der Waals surface area contributed by atoms with Crippen LogP contribution in [0.5, 0.6) is 0 Å². The van der Waals surface area contributed by atoms with Crippen LogP contribution in [0.2, 0.25) is 0 Å². The van der Waals surface area contributed by atoms with Crippen molar-refractivity contribution < 1.29 is 4.79 Å². The number of likely N-dealkylation sites (N-methyl/N-ethyl adjacent to an activating group) is 1. The van der Waals surface area contributed by atoms with Crippen LogP contribution in [-0.4, -0.2) is 86.6 Å². The average molecular weight is 234 g/mol. The Hall–Kier alpha value is -0.650. The maximum absolute atomic E-state index is 12.0. The van der Waals surface area contributed by atoms with Crippen LogP contribution >= 0.6 is 0 Å². The summed E-state index contributed by atoms with van der Waals surface area (Å²) in [5.41, 5.74) is 0. The molecule has 0 atom stereocenters. The van der Waals surface area contributed by atoms with Crippen LogP contribution in [0.1, 0.15) is 0 Å². The molecule has 2 saturated heterocycles. The lowest BCUT2D eigenvalue weighted by Crippen LogP contribution is -2.52. The molecule has 2 aliphatic rings. The summed E-state index contributed by atoms with van der Waals surface area (Å²) in [6, 6.07) is 0. The third kappa shape index (κ3) is 3.17. The molecule has 5 heteroatoms. The van der Waals surface area contributed by atoms with E-state index in [9.17, 15) is 4.79 Å². The van der Waals surface area contributed by atoms with Crippen LogP contribution in [0.25, 0.3) is 0 Å². The van der Waals surface area contributed by atoms with E-state index in [1.165, 1.54) is 0 Å². The molecule has 5 nitrogen and oxygen atoms in total. The first kappa shape index (κ1) is 11.8. The Morgan fingerprint density at radius 1 is 1.06 bits per heavy atom. The van der Waals surface area contributed by atoms with Crippen molar-refractivity contribution in [3.63, 3.8) is 0 Å². The molecule has 0 aromatic carbocycles. The van der Waals surface area contributed by atoms with Crippen LogP contribution in [0.4, 0.5) is 0 Å². The summed E-state index contributed by atoms with van der Waals surface area (Å²) in [4.78, 5) is 18.6. The molecule has 92 valence electrons. The van der Waals surface area contributed by atoms with E-state index in [4.69, 9.17) is 0 Å². The lowest BCUT2D eigenvalue weighted by molar-refractivity contribution is -0.133. The minimum Gasteiger partial charge on any atom is -0.339 e. The first-order valence-corrected chi connectivity index (χ1v) is 6.15. The van der Waals surface area contributed by atoms with Gasteiger partial charge in [0, 0.05) is 52.4 Å². The van der Waals surface area contributed by atoms with E-state index < -0.39 is 0 Å². The molecule has 0 aromatic rings. The summed E-state index contributed by atoms with van der Waals surface area (Å²) in [6.45, 7) is 8.42. The molecular formula is C11H22N4O. The summed E-state index contributed by atoms with van der Waals surface area (Å²) in [6.07, 6.45) is 0. The number of carbonyl (C=O) groups is 1. The fourth-order valence-electron chi connectivity index (χ4n) is 2.21. The number of nitrogens with zero attached hydrogens (tertiary/aromatic N) is 3. The van der Waals surface area contributed by atoms with Crippen LogP contribution in [0.15, 0.2) is 0 Å². The molecule has 2 rings (SSSR count). The van der Waals surface area contributed by atoms with E-state index in [2.05, 4.69) is 22.2 Å². The highest BCUT2D eigenvalue weighted by Crippen LogP contribution is 2.01. The molecule has 2 aliphatic heterocycles. The Morgan fingerprint density at radius 3 is 2.31 bits per heavy atom. The lowest BCUT2D eigenvalue weighted by atomic mass is 10.5. The maximum atomic E-state index is 12.0. The molecule has 0 radical (unpaired) electrons. The Morgan fingerprint density at radius 2 is 1.69 bits per heavy atom. The van der Waals surface area contributed by atoms with Crippen LogP contribution < -0.4 is 5.32 Å². The molecule has 16 heavy (non-hydrogen) atoms. The zero-order valence-electron chi connectivity index (χ0n) is 10.1. The predicted octanol–water partition coefficient (Wildman–Crippen LogP) is -1.33. The number of hydrogen-bond donors (Lipinski definition) is 1. The molecule has 0 spiro atoms. The van der Waals surface area contributed by atoms with E-state index in [1.54, 1.807) is 0 Å². The molecule has 1 amide bonds. The van der Waals surface area contributed by atoms with Crippen LogP contribution in [0, 0.1) is 0 Å². The van der Waals surface area contributed by atoms with E-state index in [0.29, 0.717) is 12.5 Å². The molecule has 0 bridgehead atoms. The van der Waals surface area contributed by atoms with Gasteiger partial charge in [0.25, 0.3) is 0 Å². The zero-order chi connectivity index (χ0) is 11.4.